The average molecular weight is 254 g/mol. The summed E-state index contributed by atoms with van der Waals surface area (Å²) in [4.78, 5) is 14.5. The van der Waals surface area contributed by atoms with Crippen molar-refractivity contribution in [3.05, 3.63) is 0 Å². The Balaban J connectivity index is 2.58. The van der Waals surface area contributed by atoms with Gasteiger partial charge in [-0.25, -0.2) is 0 Å². The molecule has 0 spiro atoms. The fraction of sp³-hybridized carbons (Fsp3) is 0.933. The molecule has 0 atom stereocenters. The van der Waals surface area contributed by atoms with Crippen molar-refractivity contribution in [3.8, 4) is 0 Å². The number of hydrogen-bond acceptors (Lipinski definition) is 2. The van der Waals surface area contributed by atoms with Gasteiger partial charge in [-0.1, -0.05) is 33.1 Å². The van der Waals surface area contributed by atoms with Gasteiger partial charge in [-0.3, -0.25) is 4.79 Å². The van der Waals surface area contributed by atoms with Crippen molar-refractivity contribution < 1.29 is 4.79 Å². The van der Waals surface area contributed by atoms with E-state index in [0.717, 1.165) is 38.8 Å². The first-order chi connectivity index (χ1) is 8.67. The van der Waals surface area contributed by atoms with E-state index in [1.54, 1.807) is 0 Å². The van der Waals surface area contributed by atoms with Crippen LogP contribution in [0, 0.1) is 0 Å². The van der Waals surface area contributed by atoms with Gasteiger partial charge in [0.2, 0.25) is 5.91 Å². The van der Waals surface area contributed by atoms with Crippen molar-refractivity contribution in [1.29, 1.82) is 0 Å². The Hall–Kier alpha value is -0.570. The second kappa shape index (κ2) is 7.78. The van der Waals surface area contributed by atoms with Crippen LogP contribution in [0.5, 0.6) is 0 Å². The summed E-state index contributed by atoms with van der Waals surface area (Å²) in [5.41, 5.74) is 0.0784. The molecule has 1 fully saturated rings. The number of nitrogens with one attached hydrogen (secondary N) is 1. The number of carbonyl (C=O) groups excluding carboxylic acids is 1. The van der Waals surface area contributed by atoms with E-state index in [1.165, 1.54) is 19.3 Å². The van der Waals surface area contributed by atoms with E-state index in [2.05, 4.69) is 19.2 Å². The third-order valence-electron chi connectivity index (χ3n) is 4.17. The summed E-state index contributed by atoms with van der Waals surface area (Å²) in [6, 6.07) is 0. The fourth-order valence-corrected chi connectivity index (χ4v) is 3.05. The van der Waals surface area contributed by atoms with Gasteiger partial charge < -0.3 is 10.2 Å². The van der Waals surface area contributed by atoms with Crippen molar-refractivity contribution >= 4 is 5.91 Å². The van der Waals surface area contributed by atoms with Crippen LogP contribution in [-0.4, -0.2) is 36.5 Å². The minimum atomic E-state index is 0.0784. The van der Waals surface area contributed by atoms with Gasteiger partial charge in [-0.05, 0) is 32.7 Å². The van der Waals surface area contributed by atoms with Crippen molar-refractivity contribution in [2.45, 2.75) is 70.8 Å². The molecule has 3 nitrogen and oxygen atoms in total. The van der Waals surface area contributed by atoms with Crippen LogP contribution in [0.3, 0.4) is 0 Å². The fourth-order valence-electron chi connectivity index (χ4n) is 3.05. The monoisotopic (exact) mass is 254 g/mol. The molecule has 18 heavy (non-hydrogen) atoms. The van der Waals surface area contributed by atoms with Crippen molar-refractivity contribution in [3.63, 3.8) is 0 Å². The lowest BCUT2D eigenvalue weighted by atomic mass is 9.79. The van der Waals surface area contributed by atoms with Crippen LogP contribution in [0.4, 0.5) is 0 Å². The number of nitrogens with zero attached hydrogens (tertiary/aromatic N) is 1. The van der Waals surface area contributed by atoms with Gasteiger partial charge in [-0.2, -0.15) is 0 Å². The maximum absolute atomic E-state index is 12.4. The van der Waals surface area contributed by atoms with Gasteiger partial charge in [0.05, 0.1) is 0 Å². The molecule has 1 saturated carbocycles. The van der Waals surface area contributed by atoms with Crippen molar-refractivity contribution in [2.75, 3.05) is 20.1 Å². The molecule has 0 heterocycles. The maximum atomic E-state index is 12.4. The highest BCUT2D eigenvalue weighted by Gasteiger charge is 2.33. The zero-order valence-electron chi connectivity index (χ0n) is 12.4. The van der Waals surface area contributed by atoms with Gasteiger partial charge in [0.1, 0.15) is 0 Å². The molecule has 0 bridgehead atoms. The summed E-state index contributed by atoms with van der Waals surface area (Å²) in [6.45, 7) is 6.10. The van der Waals surface area contributed by atoms with Gasteiger partial charge in [0.25, 0.3) is 0 Å². The standard InChI is InChI=1S/C15H30N2O/c1-4-11-17(12-5-2)14(18)13-15(16-3)9-7-6-8-10-15/h16H,4-13H2,1-3H3. The molecule has 0 unspecified atom stereocenters. The first kappa shape index (κ1) is 15.5. The van der Waals surface area contributed by atoms with Gasteiger partial charge in [-0.15, -0.1) is 0 Å². The Labute approximate surface area is 112 Å². The lowest BCUT2D eigenvalue weighted by Crippen LogP contribution is -2.49. The van der Waals surface area contributed by atoms with Crippen LogP contribution in [0.25, 0.3) is 0 Å². The summed E-state index contributed by atoms with van der Waals surface area (Å²) in [5, 5.41) is 3.44. The predicted molar refractivity (Wildman–Crippen MR) is 76.7 cm³/mol. The normalized spacial score (nSPS) is 18.6. The molecule has 1 aliphatic carbocycles. The summed E-state index contributed by atoms with van der Waals surface area (Å²) >= 11 is 0. The highest BCUT2D eigenvalue weighted by atomic mass is 16.2. The lowest BCUT2D eigenvalue weighted by molar-refractivity contribution is -0.133. The molecule has 1 rings (SSSR count). The Morgan fingerprint density at radius 3 is 2.11 bits per heavy atom. The predicted octanol–water partition coefficient (Wildman–Crippen LogP) is 2.95. The highest BCUT2D eigenvalue weighted by Crippen LogP contribution is 2.31. The molecule has 3 heteroatoms. The van der Waals surface area contributed by atoms with Crippen LogP contribution in [0.2, 0.25) is 0 Å². The second-order valence-electron chi connectivity index (χ2n) is 5.65. The minimum absolute atomic E-state index is 0.0784. The van der Waals surface area contributed by atoms with Gasteiger partial charge in [0.15, 0.2) is 0 Å². The SMILES string of the molecule is CCCN(CCC)C(=O)CC1(NC)CCCCC1. The van der Waals surface area contributed by atoms with Gasteiger partial charge >= 0.3 is 0 Å². The van der Waals surface area contributed by atoms with Crippen molar-refractivity contribution in [1.82, 2.24) is 10.2 Å². The third-order valence-corrected chi connectivity index (χ3v) is 4.17. The number of carbonyl (C=O) groups is 1. The van der Waals surface area contributed by atoms with Crippen LogP contribution in [0.1, 0.15) is 65.2 Å². The summed E-state index contributed by atoms with van der Waals surface area (Å²) in [5.74, 6) is 0.343. The highest BCUT2D eigenvalue weighted by molar-refractivity contribution is 5.77. The number of rotatable bonds is 7. The van der Waals surface area contributed by atoms with E-state index < -0.39 is 0 Å². The van der Waals surface area contributed by atoms with E-state index in [-0.39, 0.29) is 5.54 Å². The topological polar surface area (TPSA) is 32.3 Å². The molecular formula is C15H30N2O. The van der Waals surface area contributed by atoms with E-state index in [1.807, 2.05) is 11.9 Å². The molecular weight excluding hydrogens is 224 g/mol. The molecule has 0 aliphatic heterocycles. The molecule has 1 N–H and O–H groups in total. The molecule has 1 aliphatic rings. The quantitative estimate of drug-likeness (QED) is 0.757. The zero-order valence-corrected chi connectivity index (χ0v) is 12.4. The minimum Gasteiger partial charge on any atom is -0.343 e. The number of amides is 1. The Bertz CT molecular complexity index is 241. The molecule has 0 saturated heterocycles. The van der Waals surface area contributed by atoms with E-state index in [4.69, 9.17) is 0 Å². The molecule has 0 aromatic carbocycles. The Morgan fingerprint density at radius 2 is 1.67 bits per heavy atom. The van der Waals surface area contributed by atoms with E-state index in [9.17, 15) is 4.79 Å². The Morgan fingerprint density at radius 1 is 1.11 bits per heavy atom. The molecule has 0 aromatic heterocycles. The first-order valence-electron chi connectivity index (χ1n) is 7.64. The second-order valence-corrected chi connectivity index (χ2v) is 5.65. The van der Waals surface area contributed by atoms with Crippen LogP contribution in [-0.2, 0) is 4.79 Å². The van der Waals surface area contributed by atoms with Crippen molar-refractivity contribution in [2.24, 2.45) is 0 Å². The smallest absolute Gasteiger partial charge is 0.224 e. The summed E-state index contributed by atoms with van der Waals surface area (Å²) in [6.07, 6.45) is 8.94. The van der Waals surface area contributed by atoms with Crippen LogP contribution in [0.15, 0.2) is 0 Å². The van der Waals surface area contributed by atoms with Crippen LogP contribution >= 0.6 is 0 Å². The third kappa shape index (κ3) is 4.27. The largest absolute Gasteiger partial charge is 0.343 e. The molecule has 1 amide bonds. The summed E-state index contributed by atoms with van der Waals surface area (Å²) in [7, 11) is 2.02. The molecule has 106 valence electrons. The molecule has 0 aromatic rings. The van der Waals surface area contributed by atoms with Crippen LogP contribution < -0.4 is 5.32 Å². The first-order valence-corrected chi connectivity index (χ1v) is 7.64. The van der Waals surface area contributed by atoms with Gasteiger partial charge in [0, 0.05) is 25.0 Å². The lowest BCUT2D eigenvalue weighted by Gasteiger charge is -2.38. The maximum Gasteiger partial charge on any atom is 0.224 e. The van der Waals surface area contributed by atoms with E-state index >= 15 is 0 Å². The molecule has 0 radical (unpaired) electrons. The summed E-state index contributed by atoms with van der Waals surface area (Å²) < 4.78 is 0. The van der Waals surface area contributed by atoms with E-state index in [0.29, 0.717) is 12.3 Å². The number of hydrogen-bond donors (Lipinski definition) is 1. The Kier molecular flexibility index (Phi) is 6.69. The zero-order chi connectivity index (χ0) is 13.4. The average Bonchev–Trinajstić information content (AvgIpc) is 2.39.